The van der Waals surface area contributed by atoms with E-state index in [1.54, 1.807) is 22.7 Å². The van der Waals surface area contributed by atoms with Crippen LogP contribution in [0.25, 0.3) is 64.5 Å². The molecule has 0 radical (unpaired) electrons. The maximum absolute atomic E-state index is 6.67. The van der Waals surface area contributed by atoms with Gasteiger partial charge in [0.1, 0.15) is 5.06 Å². The molecule has 1 aliphatic heterocycles. The molecule has 0 saturated heterocycles. The van der Waals surface area contributed by atoms with Gasteiger partial charge in [0.05, 0.1) is 0 Å². The Hall–Kier alpha value is -5.52. The van der Waals surface area contributed by atoms with E-state index < -0.39 is 0 Å². The van der Waals surface area contributed by atoms with Gasteiger partial charge in [-0.3, -0.25) is 4.98 Å². The number of benzene rings is 6. The first kappa shape index (κ1) is 39.0. The van der Waals surface area contributed by atoms with E-state index in [-0.39, 0.29) is 26.5 Å². The molecule has 59 heavy (non-hydrogen) atoms. The molecule has 0 atom stereocenters. The Kier molecular flexibility index (Phi) is 10.3. The molecule has 0 unspecified atom stereocenters. The zero-order valence-corrected chi connectivity index (χ0v) is 37.2. The monoisotopic (exact) mass is 981 g/mol. The van der Waals surface area contributed by atoms with Crippen molar-refractivity contribution in [3.05, 3.63) is 181 Å². The van der Waals surface area contributed by atoms with Crippen molar-refractivity contribution in [1.29, 1.82) is 0 Å². The van der Waals surface area contributed by atoms with E-state index in [1.807, 2.05) is 18.3 Å². The summed E-state index contributed by atoms with van der Waals surface area (Å²) in [5, 5.41) is 7.46. The number of nitrogens with zero attached hydrogens (tertiary/aromatic N) is 3. The van der Waals surface area contributed by atoms with E-state index >= 15 is 0 Å². The van der Waals surface area contributed by atoms with Crippen LogP contribution in [0.1, 0.15) is 40.2 Å². The van der Waals surface area contributed by atoms with Gasteiger partial charge in [0.2, 0.25) is 0 Å². The van der Waals surface area contributed by atoms with Crippen molar-refractivity contribution in [2.75, 3.05) is 9.80 Å². The van der Waals surface area contributed by atoms with Crippen molar-refractivity contribution in [2.45, 2.75) is 40.0 Å². The van der Waals surface area contributed by atoms with Gasteiger partial charge in [0.15, 0.2) is 0 Å². The van der Waals surface area contributed by atoms with Crippen molar-refractivity contribution in [3.8, 4) is 44.3 Å². The number of ether oxygens (including phenoxy) is 1. The molecule has 10 rings (SSSR count). The Morgan fingerprint density at radius 1 is 0.678 bits per heavy atom. The van der Waals surface area contributed by atoms with Crippen LogP contribution >= 0.6 is 22.7 Å². The largest absolute Gasteiger partial charge is 0.497 e. The summed E-state index contributed by atoms with van der Waals surface area (Å²) < 4.78 is 9.05. The number of rotatable bonds is 7. The quantitative estimate of drug-likeness (QED) is 0.149. The normalized spacial score (nSPS) is 13.2. The SMILES string of the molecule is CC1=C(C)N(c2c(-c3ccccc3)cccc2-c2ccccc2)[CH-]N1c1[c-]c(Oc2[c-]c3c(-c4cc(C(C)(C)C)ccn4)c4cc5ccsc5cc4cc3s2)ccc1.[Pt]. The average Bonchev–Trinajstić information content (AvgIpc) is 3.95. The summed E-state index contributed by atoms with van der Waals surface area (Å²) in [6.45, 7) is 13.3. The third kappa shape index (κ3) is 7.18. The summed E-state index contributed by atoms with van der Waals surface area (Å²) in [4.78, 5) is 9.48. The second-order valence-corrected chi connectivity index (χ2v) is 17.8. The van der Waals surface area contributed by atoms with Crippen molar-refractivity contribution in [2.24, 2.45) is 0 Å². The molecule has 0 saturated carbocycles. The topological polar surface area (TPSA) is 28.6 Å². The number of allylic oxidation sites excluding steroid dienone is 2. The van der Waals surface area contributed by atoms with Gasteiger partial charge < -0.3 is 14.5 Å². The minimum absolute atomic E-state index is 0. The van der Waals surface area contributed by atoms with Crippen LogP contribution in [0.15, 0.2) is 156 Å². The zero-order chi connectivity index (χ0) is 39.5. The molecule has 4 nitrogen and oxygen atoms in total. The number of aromatic nitrogens is 1. The third-order valence-corrected chi connectivity index (χ3v) is 12.9. The van der Waals surface area contributed by atoms with E-state index in [2.05, 4.69) is 190 Å². The fraction of sp³-hybridized carbons (Fsp3) is 0.115. The molecule has 0 bridgehead atoms. The summed E-state index contributed by atoms with van der Waals surface area (Å²) in [7, 11) is 0. The average molecular weight is 982 g/mol. The predicted molar refractivity (Wildman–Crippen MR) is 246 cm³/mol. The van der Waals surface area contributed by atoms with Crippen molar-refractivity contribution < 1.29 is 25.8 Å². The third-order valence-electron chi connectivity index (χ3n) is 11.1. The molecule has 1 aliphatic rings. The molecule has 0 spiro atoms. The molecule has 0 N–H and O–H groups in total. The Morgan fingerprint density at radius 2 is 1.36 bits per heavy atom. The van der Waals surface area contributed by atoms with E-state index in [4.69, 9.17) is 9.72 Å². The molecule has 294 valence electrons. The molecule has 3 aromatic heterocycles. The Balaban J connectivity index is 0.00000449. The van der Waals surface area contributed by atoms with Crippen molar-refractivity contribution >= 4 is 65.0 Å². The first-order valence-electron chi connectivity index (χ1n) is 19.5. The molecule has 4 heterocycles. The first-order chi connectivity index (χ1) is 28.2. The minimum atomic E-state index is -0.0131. The Morgan fingerprint density at radius 3 is 2.07 bits per heavy atom. The maximum Gasteiger partial charge on any atom is 0.107 e. The van der Waals surface area contributed by atoms with E-state index in [9.17, 15) is 0 Å². The van der Waals surface area contributed by atoms with Crippen LogP contribution < -0.4 is 14.5 Å². The van der Waals surface area contributed by atoms with Gasteiger partial charge in [-0.25, -0.2) is 0 Å². The van der Waals surface area contributed by atoms with Gasteiger partial charge in [-0.15, -0.1) is 48.0 Å². The van der Waals surface area contributed by atoms with E-state index in [1.165, 1.54) is 48.7 Å². The maximum atomic E-state index is 6.67. The number of thiophene rings is 2. The minimum Gasteiger partial charge on any atom is -0.497 e. The van der Waals surface area contributed by atoms with Crippen molar-refractivity contribution in [3.63, 3.8) is 0 Å². The fourth-order valence-electron chi connectivity index (χ4n) is 7.96. The van der Waals surface area contributed by atoms with E-state index in [0.717, 1.165) is 44.1 Å². The van der Waals surface area contributed by atoms with Crippen LogP contribution in [0, 0.1) is 18.8 Å². The molecule has 0 amide bonds. The summed E-state index contributed by atoms with van der Waals surface area (Å²) in [6, 6.07) is 54.7. The van der Waals surface area contributed by atoms with Crippen LogP contribution in [-0.2, 0) is 26.5 Å². The number of para-hydroxylation sites is 1. The molecule has 6 aromatic carbocycles. The number of hydrogen-bond acceptors (Lipinski definition) is 6. The number of fused-ring (bicyclic) bond motifs is 3. The summed E-state index contributed by atoms with van der Waals surface area (Å²) in [5.74, 6) is 0.631. The van der Waals surface area contributed by atoms with Gasteiger partial charge in [-0.05, 0) is 76.4 Å². The van der Waals surface area contributed by atoms with Crippen LogP contribution in [-0.4, -0.2) is 4.98 Å². The molecular weight excluding hydrogens is 942 g/mol. The second-order valence-electron chi connectivity index (χ2n) is 15.8. The molecule has 9 aromatic rings. The summed E-state index contributed by atoms with van der Waals surface area (Å²) >= 11 is 3.38. The number of anilines is 2. The second kappa shape index (κ2) is 15.6. The van der Waals surface area contributed by atoms with Crippen LogP contribution in [0.2, 0.25) is 0 Å². The molecule has 0 aliphatic carbocycles. The molecule has 0 fully saturated rings. The van der Waals surface area contributed by atoms with Crippen LogP contribution in [0.3, 0.4) is 0 Å². The Bertz CT molecular complexity index is 2980. The molecular formula is C52H40N3OPtS2-3. The first-order valence-corrected chi connectivity index (χ1v) is 21.2. The predicted octanol–water partition coefficient (Wildman–Crippen LogP) is 15.1. The van der Waals surface area contributed by atoms with Crippen molar-refractivity contribution in [1.82, 2.24) is 4.98 Å². The van der Waals surface area contributed by atoms with Gasteiger partial charge >= 0.3 is 0 Å². The summed E-state index contributed by atoms with van der Waals surface area (Å²) in [5.41, 5.74) is 12.2. The summed E-state index contributed by atoms with van der Waals surface area (Å²) in [6.07, 6.45) is 1.94. The fourth-order valence-corrected chi connectivity index (χ4v) is 9.70. The Labute approximate surface area is 368 Å². The van der Waals surface area contributed by atoms with Gasteiger partial charge in [-0.1, -0.05) is 127 Å². The molecule has 7 heteroatoms. The zero-order valence-electron chi connectivity index (χ0n) is 33.3. The van der Waals surface area contributed by atoms with Gasteiger partial charge in [0, 0.05) is 71.6 Å². The van der Waals surface area contributed by atoms with Crippen LogP contribution in [0.5, 0.6) is 10.8 Å². The smallest absolute Gasteiger partial charge is 0.107 e. The van der Waals surface area contributed by atoms with Gasteiger partial charge in [-0.2, -0.15) is 22.8 Å². The number of hydrogen-bond donors (Lipinski definition) is 0. The van der Waals surface area contributed by atoms with Gasteiger partial charge in [0.25, 0.3) is 0 Å². The number of pyridine rings is 1. The van der Waals surface area contributed by atoms with E-state index in [0.29, 0.717) is 10.8 Å². The standard InChI is InChI=1S/C52H40N3OS2.Pt/c1-33-34(2)55(51-42(35-14-8-6-9-15-35)20-13-21-43(51)36-16-10-7-11-17-36)32-54(33)40-18-12-19-41(30-40)56-49-31-45-48(58-49)28-38-27-47-37(23-25-57-47)26-44(38)50(45)46-29-39(22-24-53-46)52(3,4)5;/h6-29,32H,1-5H3;/q-3;. The van der Waals surface area contributed by atoms with Crippen LogP contribution in [0.4, 0.5) is 11.4 Å².